The summed E-state index contributed by atoms with van der Waals surface area (Å²) in [5.74, 6) is 0.216. The Kier molecular flexibility index (Phi) is 1.77. The molecule has 1 aromatic heterocycles. The van der Waals surface area contributed by atoms with Crippen LogP contribution in [0.4, 0.5) is 0 Å². The Hall–Kier alpha value is -1.77. The molecule has 2 rings (SSSR count). The largest absolute Gasteiger partial charge is 0.504 e. The summed E-state index contributed by atoms with van der Waals surface area (Å²) in [6, 6.07) is 9.61. The molecule has 0 bridgehead atoms. The van der Waals surface area contributed by atoms with E-state index in [0.29, 0.717) is 5.69 Å². The Labute approximate surface area is 76.3 Å². The summed E-state index contributed by atoms with van der Waals surface area (Å²) in [6.07, 6.45) is 1.59. The molecule has 0 aliphatic carbocycles. The van der Waals surface area contributed by atoms with Crippen LogP contribution in [-0.4, -0.2) is 14.9 Å². The van der Waals surface area contributed by atoms with E-state index in [-0.39, 0.29) is 5.75 Å². The topological polar surface area (TPSA) is 38.0 Å². The first kappa shape index (κ1) is 7.86. The highest BCUT2D eigenvalue weighted by molar-refractivity contribution is 5.64. The van der Waals surface area contributed by atoms with E-state index in [4.69, 9.17) is 0 Å². The minimum absolute atomic E-state index is 0.216. The van der Waals surface area contributed by atoms with Gasteiger partial charge in [0.15, 0.2) is 5.75 Å². The van der Waals surface area contributed by atoms with Crippen LogP contribution in [-0.2, 0) is 7.05 Å². The number of hydrogen-bond donors (Lipinski definition) is 1. The molecule has 0 spiro atoms. The van der Waals surface area contributed by atoms with E-state index in [1.807, 2.05) is 30.3 Å². The normalized spacial score (nSPS) is 10.2. The van der Waals surface area contributed by atoms with Gasteiger partial charge >= 0.3 is 0 Å². The monoisotopic (exact) mass is 174 g/mol. The molecule has 0 aliphatic heterocycles. The zero-order valence-electron chi connectivity index (χ0n) is 7.31. The van der Waals surface area contributed by atoms with Crippen molar-refractivity contribution in [3.05, 3.63) is 36.5 Å². The summed E-state index contributed by atoms with van der Waals surface area (Å²) in [6.45, 7) is 0. The average molecular weight is 174 g/mol. The number of aromatic hydroxyl groups is 1. The van der Waals surface area contributed by atoms with Crippen molar-refractivity contribution >= 4 is 0 Å². The fourth-order valence-electron chi connectivity index (χ4n) is 1.28. The van der Waals surface area contributed by atoms with Crippen LogP contribution in [0, 0.1) is 0 Å². The van der Waals surface area contributed by atoms with Crippen molar-refractivity contribution in [3.63, 3.8) is 0 Å². The zero-order valence-corrected chi connectivity index (χ0v) is 7.31. The maximum absolute atomic E-state index is 9.50. The first-order chi connectivity index (χ1) is 6.27. The fourth-order valence-corrected chi connectivity index (χ4v) is 1.28. The predicted molar refractivity (Wildman–Crippen MR) is 50.3 cm³/mol. The van der Waals surface area contributed by atoms with Crippen LogP contribution in [0.2, 0.25) is 0 Å². The number of benzene rings is 1. The van der Waals surface area contributed by atoms with Crippen LogP contribution in [0.25, 0.3) is 11.3 Å². The molecule has 66 valence electrons. The Morgan fingerprint density at radius 1 is 1.23 bits per heavy atom. The van der Waals surface area contributed by atoms with Gasteiger partial charge in [0.1, 0.15) is 5.69 Å². The van der Waals surface area contributed by atoms with E-state index in [0.717, 1.165) is 5.56 Å². The summed E-state index contributed by atoms with van der Waals surface area (Å²) < 4.78 is 1.59. The van der Waals surface area contributed by atoms with Crippen molar-refractivity contribution in [3.8, 4) is 17.0 Å². The Morgan fingerprint density at radius 2 is 1.92 bits per heavy atom. The quantitative estimate of drug-likeness (QED) is 0.715. The number of hydrogen-bond acceptors (Lipinski definition) is 2. The lowest BCUT2D eigenvalue weighted by atomic mass is 10.1. The van der Waals surface area contributed by atoms with Crippen molar-refractivity contribution < 1.29 is 5.11 Å². The van der Waals surface area contributed by atoms with E-state index in [2.05, 4.69) is 5.10 Å². The fraction of sp³-hybridized carbons (Fsp3) is 0.100. The third kappa shape index (κ3) is 1.40. The number of aromatic nitrogens is 2. The lowest BCUT2D eigenvalue weighted by molar-refractivity contribution is 0.476. The Bertz CT molecular complexity index is 406. The van der Waals surface area contributed by atoms with Crippen molar-refractivity contribution in [1.82, 2.24) is 9.78 Å². The second-order valence-electron chi connectivity index (χ2n) is 2.90. The molecule has 1 N–H and O–H groups in total. The van der Waals surface area contributed by atoms with Gasteiger partial charge in [0.2, 0.25) is 0 Å². The highest BCUT2D eigenvalue weighted by atomic mass is 16.3. The number of aryl methyl sites for hydroxylation is 1. The molecule has 3 heteroatoms. The van der Waals surface area contributed by atoms with E-state index < -0.39 is 0 Å². The molecule has 0 saturated carbocycles. The predicted octanol–water partition coefficient (Wildman–Crippen LogP) is 1.79. The van der Waals surface area contributed by atoms with Crippen LogP contribution in [0.1, 0.15) is 0 Å². The summed E-state index contributed by atoms with van der Waals surface area (Å²) in [4.78, 5) is 0. The SMILES string of the molecule is Cn1cc(O)c(-c2ccccc2)n1. The second-order valence-corrected chi connectivity index (χ2v) is 2.90. The third-order valence-corrected chi connectivity index (χ3v) is 1.86. The molecule has 3 nitrogen and oxygen atoms in total. The zero-order chi connectivity index (χ0) is 9.26. The van der Waals surface area contributed by atoms with Gasteiger partial charge in [-0.05, 0) is 0 Å². The van der Waals surface area contributed by atoms with Gasteiger partial charge in [-0.15, -0.1) is 0 Å². The summed E-state index contributed by atoms with van der Waals surface area (Å²) >= 11 is 0. The van der Waals surface area contributed by atoms with Crippen LogP contribution >= 0.6 is 0 Å². The third-order valence-electron chi connectivity index (χ3n) is 1.86. The van der Waals surface area contributed by atoms with E-state index in [9.17, 15) is 5.11 Å². The van der Waals surface area contributed by atoms with E-state index >= 15 is 0 Å². The minimum Gasteiger partial charge on any atom is -0.504 e. The molecule has 13 heavy (non-hydrogen) atoms. The lowest BCUT2D eigenvalue weighted by Crippen LogP contribution is -1.87. The highest BCUT2D eigenvalue weighted by Gasteiger charge is 2.06. The van der Waals surface area contributed by atoms with E-state index in [1.165, 1.54) is 0 Å². The molecule has 0 unspecified atom stereocenters. The average Bonchev–Trinajstić information content (AvgIpc) is 2.47. The summed E-state index contributed by atoms with van der Waals surface area (Å²) in [5.41, 5.74) is 1.56. The number of nitrogens with zero attached hydrogens (tertiary/aromatic N) is 2. The summed E-state index contributed by atoms with van der Waals surface area (Å²) in [5, 5.41) is 13.6. The molecular weight excluding hydrogens is 164 g/mol. The molecule has 2 aromatic rings. The molecular formula is C10H10N2O. The standard InChI is InChI=1S/C10H10N2O/c1-12-7-9(13)10(11-12)8-5-3-2-4-6-8/h2-7,13H,1H3. The van der Waals surface area contributed by atoms with Crippen molar-refractivity contribution in [2.45, 2.75) is 0 Å². The first-order valence-electron chi connectivity index (χ1n) is 4.05. The van der Waals surface area contributed by atoms with Gasteiger partial charge < -0.3 is 5.11 Å². The highest BCUT2D eigenvalue weighted by Crippen LogP contribution is 2.26. The van der Waals surface area contributed by atoms with Gasteiger partial charge in [0, 0.05) is 12.6 Å². The molecule has 1 aromatic carbocycles. The van der Waals surface area contributed by atoms with Crippen molar-refractivity contribution in [2.75, 3.05) is 0 Å². The maximum Gasteiger partial charge on any atom is 0.161 e. The van der Waals surface area contributed by atoms with Gasteiger partial charge in [-0.1, -0.05) is 30.3 Å². The second kappa shape index (κ2) is 2.94. The van der Waals surface area contributed by atoms with E-state index in [1.54, 1.807) is 17.9 Å². The van der Waals surface area contributed by atoms with Crippen LogP contribution in [0.15, 0.2) is 36.5 Å². The van der Waals surface area contributed by atoms with Crippen LogP contribution < -0.4 is 0 Å². The molecule has 0 atom stereocenters. The molecule has 0 radical (unpaired) electrons. The van der Waals surface area contributed by atoms with Gasteiger partial charge in [-0.3, -0.25) is 4.68 Å². The summed E-state index contributed by atoms with van der Waals surface area (Å²) in [7, 11) is 1.78. The van der Waals surface area contributed by atoms with Gasteiger partial charge in [-0.2, -0.15) is 5.10 Å². The maximum atomic E-state index is 9.50. The van der Waals surface area contributed by atoms with Gasteiger partial charge in [-0.25, -0.2) is 0 Å². The molecule has 0 aliphatic rings. The molecule has 0 amide bonds. The Balaban J connectivity index is 2.53. The van der Waals surface area contributed by atoms with Crippen LogP contribution in [0.3, 0.4) is 0 Å². The number of rotatable bonds is 1. The minimum atomic E-state index is 0.216. The molecule has 0 fully saturated rings. The molecule has 1 heterocycles. The van der Waals surface area contributed by atoms with Gasteiger partial charge in [0.25, 0.3) is 0 Å². The van der Waals surface area contributed by atoms with Crippen LogP contribution in [0.5, 0.6) is 5.75 Å². The van der Waals surface area contributed by atoms with Gasteiger partial charge in [0.05, 0.1) is 6.20 Å². The first-order valence-corrected chi connectivity index (χ1v) is 4.05. The van der Waals surface area contributed by atoms with Crippen molar-refractivity contribution in [2.24, 2.45) is 7.05 Å². The smallest absolute Gasteiger partial charge is 0.161 e. The van der Waals surface area contributed by atoms with Crippen molar-refractivity contribution in [1.29, 1.82) is 0 Å². The lowest BCUT2D eigenvalue weighted by Gasteiger charge is -1.95. The molecule has 0 saturated heterocycles. The Morgan fingerprint density at radius 3 is 2.46 bits per heavy atom.